The first kappa shape index (κ1) is 12.7. The molecule has 0 aromatic carbocycles. The van der Waals surface area contributed by atoms with Crippen molar-refractivity contribution in [2.45, 2.75) is 58.3 Å². The van der Waals surface area contributed by atoms with Crippen LogP contribution in [0.4, 0.5) is 4.79 Å². The van der Waals surface area contributed by atoms with Gasteiger partial charge in [0.1, 0.15) is 5.60 Å². The number of carbonyl (C=O) groups excluding carboxylic acids is 1. The summed E-state index contributed by atoms with van der Waals surface area (Å²) in [6.45, 7) is 9.44. The van der Waals surface area contributed by atoms with Crippen LogP contribution in [0.3, 0.4) is 0 Å². The maximum absolute atomic E-state index is 12.1. The fraction of sp³-hybridized carbons (Fsp3) is 0.923. The SMILES string of the molecule is C[C@@H]1CCC([C@@H]2CO2)CN1C(=O)OC(C)(C)C. The number of nitrogens with zero attached hydrogens (tertiary/aromatic N) is 1. The molecular weight excluding hydrogens is 218 g/mol. The molecule has 0 aliphatic carbocycles. The van der Waals surface area contributed by atoms with Crippen LogP contribution < -0.4 is 0 Å². The summed E-state index contributed by atoms with van der Waals surface area (Å²) in [5.41, 5.74) is -0.417. The van der Waals surface area contributed by atoms with E-state index < -0.39 is 5.60 Å². The van der Waals surface area contributed by atoms with Crippen molar-refractivity contribution in [2.75, 3.05) is 13.2 Å². The van der Waals surface area contributed by atoms with E-state index in [0.717, 1.165) is 26.0 Å². The van der Waals surface area contributed by atoms with Crippen molar-refractivity contribution in [2.24, 2.45) is 5.92 Å². The number of epoxide rings is 1. The lowest BCUT2D eigenvalue weighted by Gasteiger charge is -2.38. The number of carbonyl (C=O) groups is 1. The number of hydrogen-bond acceptors (Lipinski definition) is 3. The summed E-state index contributed by atoms with van der Waals surface area (Å²) >= 11 is 0. The third-order valence-electron chi connectivity index (χ3n) is 3.43. The van der Waals surface area contributed by atoms with E-state index in [4.69, 9.17) is 9.47 Å². The highest BCUT2D eigenvalue weighted by Gasteiger charge is 2.40. The van der Waals surface area contributed by atoms with Gasteiger partial charge in [0.05, 0.1) is 12.7 Å². The number of piperidine rings is 1. The van der Waals surface area contributed by atoms with Gasteiger partial charge in [0, 0.05) is 18.5 Å². The second kappa shape index (κ2) is 4.48. The van der Waals surface area contributed by atoms with Crippen LogP contribution >= 0.6 is 0 Å². The monoisotopic (exact) mass is 241 g/mol. The summed E-state index contributed by atoms with van der Waals surface area (Å²) in [6, 6.07) is 0.278. The number of ether oxygens (including phenoxy) is 2. The molecule has 2 fully saturated rings. The van der Waals surface area contributed by atoms with Gasteiger partial charge in [-0.2, -0.15) is 0 Å². The smallest absolute Gasteiger partial charge is 0.410 e. The molecule has 0 radical (unpaired) electrons. The normalized spacial score (nSPS) is 33.4. The molecule has 4 nitrogen and oxygen atoms in total. The Balaban J connectivity index is 1.94. The lowest BCUT2D eigenvalue weighted by Crippen LogP contribution is -2.48. The van der Waals surface area contributed by atoms with E-state index in [9.17, 15) is 4.79 Å². The zero-order chi connectivity index (χ0) is 12.6. The molecule has 0 aromatic rings. The molecule has 1 unspecified atom stereocenters. The molecular formula is C13H23NO3. The van der Waals surface area contributed by atoms with Gasteiger partial charge in [-0.1, -0.05) is 0 Å². The van der Waals surface area contributed by atoms with Crippen molar-refractivity contribution in [3.63, 3.8) is 0 Å². The van der Waals surface area contributed by atoms with Crippen LogP contribution in [0.25, 0.3) is 0 Å². The molecule has 17 heavy (non-hydrogen) atoms. The van der Waals surface area contributed by atoms with E-state index in [-0.39, 0.29) is 12.1 Å². The Hall–Kier alpha value is -0.770. The highest BCUT2D eigenvalue weighted by atomic mass is 16.6. The molecule has 0 saturated carbocycles. The summed E-state index contributed by atoms with van der Waals surface area (Å²) in [7, 11) is 0. The zero-order valence-corrected chi connectivity index (χ0v) is 11.2. The van der Waals surface area contributed by atoms with Crippen LogP contribution in [0.5, 0.6) is 0 Å². The molecule has 0 N–H and O–H groups in total. The Morgan fingerprint density at radius 3 is 2.53 bits per heavy atom. The molecule has 98 valence electrons. The molecule has 4 heteroatoms. The lowest BCUT2D eigenvalue weighted by atomic mass is 9.91. The zero-order valence-electron chi connectivity index (χ0n) is 11.2. The molecule has 0 spiro atoms. The number of rotatable bonds is 1. The van der Waals surface area contributed by atoms with Gasteiger partial charge in [-0.25, -0.2) is 4.79 Å². The van der Waals surface area contributed by atoms with Crippen LogP contribution in [-0.4, -0.2) is 41.9 Å². The van der Waals surface area contributed by atoms with Crippen LogP contribution in [0.15, 0.2) is 0 Å². The summed E-state index contributed by atoms with van der Waals surface area (Å²) in [5, 5.41) is 0. The molecule has 2 aliphatic heterocycles. The van der Waals surface area contributed by atoms with Gasteiger partial charge in [-0.05, 0) is 40.5 Å². The molecule has 2 aliphatic rings. The summed E-state index contributed by atoms with van der Waals surface area (Å²) < 4.78 is 10.8. The fourth-order valence-corrected chi connectivity index (χ4v) is 2.34. The minimum Gasteiger partial charge on any atom is -0.444 e. The Bertz CT molecular complexity index is 294. The maximum atomic E-state index is 12.1. The van der Waals surface area contributed by atoms with E-state index in [1.807, 2.05) is 25.7 Å². The van der Waals surface area contributed by atoms with Gasteiger partial charge in [-0.15, -0.1) is 0 Å². The van der Waals surface area contributed by atoms with Crippen molar-refractivity contribution in [1.82, 2.24) is 4.90 Å². The van der Waals surface area contributed by atoms with Crippen LogP contribution in [0.2, 0.25) is 0 Å². The topological polar surface area (TPSA) is 42.1 Å². The van der Waals surface area contributed by atoms with Crippen molar-refractivity contribution >= 4 is 6.09 Å². The minimum atomic E-state index is -0.417. The molecule has 2 rings (SSSR count). The van der Waals surface area contributed by atoms with E-state index in [2.05, 4.69) is 6.92 Å². The molecule has 2 heterocycles. The van der Waals surface area contributed by atoms with Crippen molar-refractivity contribution in [1.29, 1.82) is 0 Å². The quantitative estimate of drug-likeness (QED) is 0.662. The lowest BCUT2D eigenvalue weighted by molar-refractivity contribution is 0.00356. The Labute approximate surface area is 103 Å². The van der Waals surface area contributed by atoms with Gasteiger partial charge in [0.25, 0.3) is 0 Å². The van der Waals surface area contributed by atoms with Gasteiger partial charge in [0.15, 0.2) is 0 Å². The predicted molar refractivity (Wildman–Crippen MR) is 64.9 cm³/mol. The third kappa shape index (κ3) is 3.35. The fourth-order valence-electron chi connectivity index (χ4n) is 2.34. The first-order valence-electron chi connectivity index (χ1n) is 6.48. The van der Waals surface area contributed by atoms with Crippen molar-refractivity contribution < 1.29 is 14.3 Å². The standard InChI is InChI=1S/C13H23NO3/c1-9-5-6-10(11-8-16-11)7-14(9)12(15)17-13(2,3)4/h9-11H,5-8H2,1-4H3/t9-,10?,11+/m1/s1. The summed E-state index contributed by atoms with van der Waals surface area (Å²) in [6.07, 6.45) is 2.40. The van der Waals surface area contributed by atoms with Gasteiger partial charge >= 0.3 is 6.09 Å². The summed E-state index contributed by atoms with van der Waals surface area (Å²) in [5.74, 6) is 0.499. The summed E-state index contributed by atoms with van der Waals surface area (Å²) in [4.78, 5) is 13.9. The van der Waals surface area contributed by atoms with Crippen LogP contribution in [0.1, 0.15) is 40.5 Å². The van der Waals surface area contributed by atoms with E-state index >= 15 is 0 Å². The van der Waals surface area contributed by atoms with Gasteiger partial charge in [0.2, 0.25) is 0 Å². The van der Waals surface area contributed by atoms with E-state index in [1.54, 1.807) is 0 Å². The van der Waals surface area contributed by atoms with Crippen molar-refractivity contribution in [3.8, 4) is 0 Å². The first-order valence-corrected chi connectivity index (χ1v) is 6.48. The highest BCUT2D eigenvalue weighted by molar-refractivity contribution is 5.68. The Morgan fingerprint density at radius 1 is 1.35 bits per heavy atom. The average molecular weight is 241 g/mol. The van der Waals surface area contributed by atoms with E-state index in [0.29, 0.717) is 12.0 Å². The molecule has 2 saturated heterocycles. The minimum absolute atomic E-state index is 0.185. The average Bonchev–Trinajstić information content (AvgIpc) is 2.99. The van der Waals surface area contributed by atoms with Gasteiger partial charge in [-0.3, -0.25) is 0 Å². The molecule has 3 atom stereocenters. The largest absolute Gasteiger partial charge is 0.444 e. The van der Waals surface area contributed by atoms with Crippen LogP contribution in [-0.2, 0) is 9.47 Å². The van der Waals surface area contributed by atoms with E-state index in [1.165, 1.54) is 0 Å². The predicted octanol–water partition coefficient (Wildman–Crippen LogP) is 2.42. The molecule has 0 aromatic heterocycles. The van der Waals surface area contributed by atoms with Crippen LogP contribution in [0, 0.1) is 5.92 Å². The highest BCUT2D eigenvalue weighted by Crippen LogP contribution is 2.31. The second-order valence-electron chi connectivity index (χ2n) is 6.19. The second-order valence-corrected chi connectivity index (χ2v) is 6.19. The third-order valence-corrected chi connectivity index (χ3v) is 3.43. The number of hydrogen-bond donors (Lipinski definition) is 0. The number of amides is 1. The molecule has 0 bridgehead atoms. The van der Waals surface area contributed by atoms with Gasteiger partial charge < -0.3 is 14.4 Å². The molecule has 1 amide bonds. The number of likely N-dealkylation sites (tertiary alicyclic amines) is 1. The van der Waals surface area contributed by atoms with Crippen molar-refractivity contribution in [3.05, 3.63) is 0 Å². The maximum Gasteiger partial charge on any atom is 0.410 e. The Morgan fingerprint density at radius 2 is 2.00 bits per heavy atom. The first-order chi connectivity index (χ1) is 7.87. The Kier molecular flexibility index (Phi) is 3.34.